The fourth-order valence-corrected chi connectivity index (χ4v) is 1.69. The van der Waals surface area contributed by atoms with Crippen LogP contribution in [0, 0.1) is 6.92 Å². The molecule has 0 amide bonds. The molecule has 2 rings (SSSR count). The molecule has 0 atom stereocenters. The number of rotatable bonds is 2. The van der Waals surface area contributed by atoms with E-state index in [4.69, 9.17) is 4.74 Å². The second-order valence-corrected chi connectivity index (χ2v) is 3.71. The fourth-order valence-electron chi connectivity index (χ4n) is 1.69. The molecule has 92 valence electrons. The fraction of sp³-hybridized carbons (Fsp3) is 0.545. The average molecular weight is 265 g/mol. The topological polar surface area (TPSA) is 34.1 Å². The van der Waals surface area contributed by atoms with Crippen molar-refractivity contribution < 1.29 is 4.74 Å². The maximum atomic E-state index is 5.91. The van der Waals surface area contributed by atoms with Crippen molar-refractivity contribution in [1.82, 2.24) is 10.3 Å². The minimum Gasteiger partial charge on any atom is -0.490 e. The van der Waals surface area contributed by atoms with Crippen molar-refractivity contribution in [3.63, 3.8) is 0 Å². The van der Waals surface area contributed by atoms with Crippen LogP contribution in [0.1, 0.15) is 18.4 Å². The van der Waals surface area contributed by atoms with Gasteiger partial charge in [0.2, 0.25) is 0 Å². The lowest BCUT2D eigenvalue weighted by Crippen LogP contribution is -2.34. The zero-order chi connectivity index (χ0) is 9.80. The highest BCUT2D eigenvalue weighted by atomic mass is 35.5. The molecule has 1 aromatic heterocycles. The summed E-state index contributed by atoms with van der Waals surface area (Å²) in [6.07, 6.45) is 6.20. The van der Waals surface area contributed by atoms with Gasteiger partial charge < -0.3 is 10.1 Å². The highest BCUT2D eigenvalue weighted by Gasteiger charge is 2.14. The number of aryl methyl sites for hydroxylation is 1. The highest BCUT2D eigenvalue weighted by molar-refractivity contribution is 5.85. The maximum Gasteiger partial charge on any atom is 0.125 e. The molecule has 0 aromatic carbocycles. The molecule has 3 nitrogen and oxygen atoms in total. The Bertz CT molecular complexity index is 304. The predicted octanol–water partition coefficient (Wildman–Crippen LogP) is 2.36. The standard InChI is InChI=1S/C11H16N2O.2ClH/c1-9-8-13-7-4-11(9)14-10-2-5-12-6-3-10;;/h4,7-8,10,12H,2-3,5-6H2,1H3;2*1H. The minimum absolute atomic E-state index is 0. The molecule has 5 heteroatoms. The average Bonchev–Trinajstić information content (AvgIpc) is 2.23. The first-order valence-electron chi connectivity index (χ1n) is 5.14. The molecule has 0 radical (unpaired) electrons. The third kappa shape index (κ3) is 4.16. The van der Waals surface area contributed by atoms with Crippen LogP contribution in [-0.4, -0.2) is 24.2 Å². The van der Waals surface area contributed by atoms with Crippen LogP contribution in [0.4, 0.5) is 0 Å². The van der Waals surface area contributed by atoms with Crippen LogP contribution in [0.3, 0.4) is 0 Å². The summed E-state index contributed by atoms with van der Waals surface area (Å²) in [6, 6.07) is 1.94. The molecule has 1 aliphatic rings. The van der Waals surface area contributed by atoms with E-state index in [0.29, 0.717) is 6.10 Å². The molecule has 16 heavy (non-hydrogen) atoms. The Morgan fingerprint density at radius 2 is 2.00 bits per heavy atom. The largest absolute Gasteiger partial charge is 0.490 e. The minimum atomic E-state index is 0. The van der Waals surface area contributed by atoms with Crippen molar-refractivity contribution in [3.8, 4) is 5.75 Å². The van der Waals surface area contributed by atoms with E-state index in [9.17, 15) is 0 Å². The van der Waals surface area contributed by atoms with Crippen LogP contribution >= 0.6 is 24.8 Å². The van der Waals surface area contributed by atoms with Gasteiger partial charge in [-0.3, -0.25) is 4.98 Å². The Morgan fingerprint density at radius 1 is 1.31 bits per heavy atom. The molecular formula is C11H18Cl2N2O. The molecular weight excluding hydrogens is 247 g/mol. The Morgan fingerprint density at radius 3 is 2.62 bits per heavy atom. The Hall–Kier alpha value is -0.510. The van der Waals surface area contributed by atoms with Crippen LogP contribution in [0.5, 0.6) is 5.75 Å². The lowest BCUT2D eigenvalue weighted by atomic mass is 10.1. The lowest BCUT2D eigenvalue weighted by molar-refractivity contribution is 0.161. The Labute approximate surface area is 109 Å². The maximum absolute atomic E-state index is 5.91. The summed E-state index contributed by atoms with van der Waals surface area (Å²) in [6.45, 7) is 4.16. The van der Waals surface area contributed by atoms with Gasteiger partial charge in [-0.05, 0) is 38.9 Å². The number of aromatic nitrogens is 1. The van der Waals surface area contributed by atoms with Crippen molar-refractivity contribution in [2.45, 2.75) is 25.9 Å². The van der Waals surface area contributed by atoms with Crippen LogP contribution in [0.25, 0.3) is 0 Å². The molecule has 0 saturated carbocycles. The third-order valence-electron chi connectivity index (χ3n) is 2.55. The molecule has 0 bridgehead atoms. The van der Waals surface area contributed by atoms with E-state index >= 15 is 0 Å². The third-order valence-corrected chi connectivity index (χ3v) is 2.55. The molecule has 1 aliphatic heterocycles. The summed E-state index contributed by atoms with van der Waals surface area (Å²) >= 11 is 0. The first-order valence-corrected chi connectivity index (χ1v) is 5.14. The number of piperidine rings is 1. The van der Waals surface area contributed by atoms with Gasteiger partial charge >= 0.3 is 0 Å². The molecule has 2 heterocycles. The van der Waals surface area contributed by atoms with Crippen LogP contribution in [0.2, 0.25) is 0 Å². The first kappa shape index (κ1) is 15.5. The number of pyridine rings is 1. The molecule has 0 spiro atoms. The number of ether oxygens (including phenoxy) is 1. The summed E-state index contributed by atoms with van der Waals surface area (Å²) in [5.41, 5.74) is 1.12. The first-order chi connectivity index (χ1) is 6.86. The molecule has 1 aromatic rings. The van der Waals surface area contributed by atoms with E-state index in [0.717, 1.165) is 37.2 Å². The molecule has 0 unspecified atom stereocenters. The Balaban J connectivity index is 0.00000112. The van der Waals surface area contributed by atoms with Gasteiger partial charge in [-0.2, -0.15) is 0 Å². The van der Waals surface area contributed by atoms with E-state index in [1.807, 2.05) is 19.2 Å². The van der Waals surface area contributed by atoms with E-state index in [1.165, 1.54) is 0 Å². The summed E-state index contributed by atoms with van der Waals surface area (Å²) in [5, 5.41) is 3.32. The normalized spacial score (nSPS) is 15.8. The molecule has 1 saturated heterocycles. The van der Waals surface area contributed by atoms with Crippen molar-refractivity contribution in [1.29, 1.82) is 0 Å². The lowest BCUT2D eigenvalue weighted by Gasteiger charge is -2.24. The van der Waals surface area contributed by atoms with Crippen LogP contribution in [0.15, 0.2) is 18.5 Å². The van der Waals surface area contributed by atoms with Crippen LogP contribution < -0.4 is 10.1 Å². The van der Waals surface area contributed by atoms with Crippen LogP contribution in [-0.2, 0) is 0 Å². The van der Waals surface area contributed by atoms with Gasteiger partial charge in [0.25, 0.3) is 0 Å². The second kappa shape index (κ2) is 7.71. The quantitative estimate of drug-likeness (QED) is 0.891. The van der Waals surface area contributed by atoms with Crippen molar-refractivity contribution in [2.24, 2.45) is 0 Å². The number of hydrogen-bond donors (Lipinski definition) is 1. The number of hydrogen-bond acceptors (Lipinski definition) is 3. The van der Waals surface area contributed by atoms with E-state index in [1.54, 1.807) is 6.20 Å². The zero-order valence-electron chi connectivity index (χ0n) is 9.31. The second-order valence-electron chi connectivity index (χ2n) is 3.71. The van der Waals surface area contributed by atoms with Gasteiger partial charge in [-0.1, -0.05) is 0 Å². The van der Waals surface area contributed by atoms with E-state index in [-0.39, 0.29) is 24.8 Å². The zero-order valence-corrected chi connectivity index (χ0v) is 10.9. The van der Waals surface area contributed by atoms with E-state index < -0.39 is 0 Å². The summed E-state index contributed by atoms with van der Waals surface area (Å²) in [4.78, 5) is 4.05. The molecule has 1 N–H and O–H groups in total. The number of halogens is 2. The highest BCUT2D eigenvalue weighted by Crippen LogP contribution is 2.19. The predicted molar refractivity (Wildman–Crippen MR) is 70.0 cm³/mol. The number of nitrogens with zero attached hydrogens (tertiary/aromatic N) is 1. The summed E-state index contributed by atoms with van der Waals surface area (Å²) in [7, 11) is 0. The van der Waals surface area contributed by atoms with Gasteiger partial charge in [0.15, 0.2) is 0 Å². The monoisotopic (exact) mass is 264 g/mol. The Kier molecular flexibility index (Phi) is 7.47. The number of nitrogens with one attached hydrogen (secondary N) is 1. The van der Waals surface area contributed by atoms with Gasteiger partial charge in [0.05, 0.1) is 0 Å². The van der Waals surface area contributed by atoms with Gasteiger partial charge in [0, 0.05) is 18.0 Å². The van der Waals surface area contributed by atoms with Gasteiger partial charge in [0.1, 0.15) is 11.9 Å². The molecule has 1 fully saturated rings. The van der Waals surface area contributed by atoms with Crippen molar-refractivity contribution >= 4 is 24.8 Å². The summed E-state index contributed by atoms with van der Waals surface area (Å²) in [5.74, 6) is 0.979. The van der Waals surface area contributed by atoms with Gasteiger partial charge in [-0.15, -0.1) is 24.8 Å². The molecule has 0 aliphatic carbocycles. The van der Waals surface area contributed by atoms with Crippen molar-refractivity contribution in [2.75, 3.05) is 13.1 Å². The van der Waals surface area contributed by atoms with E-state index in [2.05, 4.69) is 10.3 Å². The van der Waals surface area contributed by atoms with Gasteiger partial charge in [-0.25, -0.2) is 0 Å². The summed E-state index contributed by atoms with van der Waals surface area (Å²) < 4.78 is 5.91. The smallest absolute Gasteiger partial charge is 0.125 e. The van der Waals surface area contributed by atoms with Crippen molar-refractivity contribution in [3.05, 3.63) is 24.0 Å². The SMILES string of the molecule is Cc1cnccc1OC1CCNCC1.Cl.Cl.